The van der Waals surface area contributed by atoms with Crippen LogP contribution in [0.4, 0.5) is 0 Å². The molecule has 1 saturated heterocycles. The molecule has 1 aliphatic heterocycles. The minimum atomic E-state index is -0.189. The summed E-state index contributed by atoms with van der Waals surface area (Å²) in [6.45, 7) is 2.70. The van der Waals surface area contributed by atoms with Crippen molar-refractivity contribution in [1.29, 1.82) is 0 Å². The van der Waals surface area contributed by atoms with Crippen molar-refractivity contribution < 1.29 is 9.32 Å². The molecule has 0 N–H and O–H groups in total. The molecule has 7 heteroatoms. The predicted octanol–water partition coefficient (Wildman–Crippen LogP) is 2.63. The van der Waals surface area contributed by atoms with E-state index < -0.39 is 0 Å². The fourth-order valence-corrected chi connectivity index (χ4v) is 3.50. The number of carbonyl (C=O) groups excluding carboxylic acids is 1. The van der Waals surface area contributed by atoms with Crippen molar-refractivity contribution in [3.8, 4) is 11.5 Å². The number of aromatic nitrogens is 3. The maximum absolute atomic E-state index is 12.8. The molecule has 0 saturated carbocycles. The molecule has 1 unspecified atom stereocenters. The molecule has 138 valence electrons. The number of nitrogens with zero attached hydrogens (tertiary/aromatic N) is 4. The molecule has 1 aliphatic rings. The maximum atomic E-state index is 12.8. The molecule has 0 spiro atoms. The van der Waals surface area contributed by atoms with E-state index >= 15 is 0 Å². The summed E-state index contributed by atoms with van der Waals surface area (Å²) in [4.78, 5) is 30.8. The number of carbonyl (C=O) groups is 1. The van der Waals surface area contributed by atoms with Crippen LogP contribution in [0.2, 0.25) is 0 Å². The Morgan fingerprint density at radius 3 is 2.81 bits per heavy atom. The van der Waals surface area contributed by atoms with Crippen LogP contribution in [-0.4, -0.2) is 32.1 Å². The van der Waals surface area contributed by atoms with Crippen molar-refractivity contribution in [3.63, 3.8) is 0 Å². The highest BCUT2D eigenvalue weighted by Crippen LogP contribution is 2.30. The number of pyridine rings is 1. The predicted molar refractivity (Wildman–Crippen MR) is 98.9 cm³/mol. The molecule has 7 nitrogen and oxygen atoms in total. The molecule has 1 aromatic carbocycles. The van der Waals surface area contributed by atoms with Crippen LogP contribution in [0.5, 0.6) is 0 Å². The van der Waals surface area contributed by atoms with Gasteiger partial charge in [-0.15, -0.1) is 0 Å². The van der Waals surface area contributed by atoms with E-state index in [9.17, 15) is 9.59 Å². The monoisotopic (exact) mass is 364 g/mol. The Labute approximate surface area is 156 Å². The van der Waals surface area contributed by atoms with Crippen LogP contribution in [0.3, 0.4) is 0 Å². The number of rotatable bonds is 4. The zero-order valence-corrected chi connectivity index (χ0v) is 15.0. The average Bonchev–Trinajstić information content (AvgIpc) is 3.33. The molecular formula is C20H20N4O3. The van der Waals surface area contributed by atoms with Gasteiger partial charge in [0.2, 0.25) is 5.91 Å². The van der Waals surface area contributed by atoms with Gasteiger partial charge in [-0.3, -0.25) is 9.59 Å². The number of likely N-dealkylation sites (tertiary alicyclic amines) is 1. The summed E-state index contributed by atoms with van der Waals surface area (Å²) >= 11 is 0. The molecule has 0 aliphatic carbocycles. The van der Waals surface area contributed by atoms with Crippen molar-refractivity contribution in [2.24, 2.45) is 0 Å². The van der Waals surface area contributed by atoms with E-state index in [2.05, 4.69) is 10.1 Å². The minimum Gasteiger partial charge on any atom is -0.334 e. The highest BCUT2D eigenvalue weighted by atomic mass is 16.5. The second-order valence-corrected chi connectivity index (χ2v) is 6.67. The molecular weight excluding hydrogens is 344 g/mol. The lowest BCUT2D eigenvalue weighted by Crippen LogP contribution is -2.28. The number of hydrogen-bond acceptors (Lipinski definition) is 5. The number of amides is 1. The highest BCUT2D eigenvalue weighted by molar-refractivity contribution is 5.74. The second-order valence-electron chi connectivity index (χ2n) is 6.67. The van der Waals surface area contributed by atoms with Gasteiger partial charge in [-0.1, -0.05) is 35.5 Å². The van der Waals surface area contributed by atoms with Crippen LogP contribution >= 0.6 is 0 Å². The minimum absolute atomic E-state index is 0.00576. The lowest BCUT2D eigenvalue weighted by Gasteiger charge is -2.19. The summed E-state index contributed by atoms with van der Waals surface area (Å²) in [6.07, 6.45) is 3.44. The Hall–Kier alpha value is -3.22. The van der Waals surface area contributed by atoms with E-state index in [4.69, 9.17) is 4.52 Å². The molecule has 0 bridgehead atoms. The largest absolute Gasteiger partial charge is 0.334 e. The van der Waals surface area contributed by atoms with Gasteiger partial charge in [-0.2, -0.15) is 4.98 Å². The summed E-state index contributed by atoms with van der Waals surface area (Å²) in [5.41, 5.74) is 1.21. The third-order valence-electron chi connectivity index (χ3n) is 4.84. The normalized spacial score (nSPS) is 16.6. The summed E-state index contributed by atoms with van der Waals surface area (Å²) in [5, 5.41) is 4.03. The van der Waals surface area contributed by atoms with Crippen LogP contribution < -0.4 is 5.56 Å². The Morgan fingerprint density at radius 2 is 2.04 bits per heavy atom. The standard InChI is InChI=1S/C20H20N4O3/c1-14(25)24-12-6-10-17(24)18-21-19(27-22-18)16-9-5-11-23(20(16)26)13-15-7-3-2-4-8-15/h2-5,7-9,11,17H,6,10,12-13H2,1H3. The number of benzene rings is 1. The van der Waals surface area contributed by atoms with E-state index in [1.165, 1.54) is 0 Å². The van der Waals surface area contributed by atoms with E-state index in [0.29, 0.717) is 24.5 Å². The lowest BCUT2D eigenvalue weighted by atomic mass is 10.2. The van der Waals surface area contributed by atoms with Crippen LogP contribution in [0.15, 0.2) is 58.0 Å². The SMILES string of the molecule is CC(=O)N1CCCC1c1noc(-c2cccn(Cc3ccccc3)c2=O)n1. The van der Waals surface area contributed by atoms with Gasteiger partial charge < -0.3 is 14.0 Å². The van der Waals surface area contributed by atoms with Crippen LogP contribution in [-0.2, 0) is 11.3 Å². The first-order valence-electron chi connectivity index (χ1n) is 8.98. The summed E-state index contributed by atoms with van der Waals surface area (Å²) in [6, 6.07) is 13.1. The van der Waals surface area contributed by atoms with Crippen molar-refractivity contribution in [1.82, 2.24) is 19.6 Å². The van der Waals surface area contributed by atoms with E-state index in [-0.39, 0.29) is 23.4 Å². The maximum Gasteiger partial charge on any atom is 0.263 e. The molecule has 1 atom stereocenters. The Balaban J connectivity index is 1.63. The smallest absolute Gasteiger partial charge is 0.263 e. The molecule has 2 aromatic heterocycles. The Morgan fingerprint density at radius 1 is 1.22 bits per heavy atom. The molecule has 3 aromatic rings. The van der Waals surface area contributed by atoms with E-state index in [0.717, 1.165) is 18.4 Å². The molecule has 1 amide bonds. The number of hydrogen-bond donors (Lipinski definition) is 0. The van der Waals surface area contributed by atoms with Gasteiger partial charge in [0.1, 0.15) is 5.56 Å². The highest BCUT2D eigenvalue weighted by Gasteiger charge is 2.32. The van der Waals surface area contributed by atoms with Crippen LogP contribution in [0.25, 0.3) is 11.5 Å². The van der Waals surface area contributed by atoms with Crippen molar-refractivity contribution in [2.45, 2.75) is 32.4 Å². The van der Waals surface area contributed by atoms with Crippen molar-refractivity contribution in [3.05, 3.63) is 70.4 Å². The quantitative estimate of drug-likeness (QED) is 0.711. The fourth-order valence-electron chi connectivity index (χ4n) is 3.50. The Kier molecular flexibility index (Phi) is 4.58. The fraction of sp³-hybridized carbons (Fsp3) is 0.300. The first kappa shape index (κ1) is 17.2. The molecule has 3 heterocycles. The summed E-state index contributed by atoms with van der Waals surface area (Å²) in [5.74, 6) is 0.636. The van der Waals surface area contributed by atoms with Gasteiger partial charge in [0, 0.05) is 19.7 Å². The average molecular weight is 364 g/mol. The van der Waals surface area contributed by atoms with Gasteiger partial charge in [-0.05, 0) is 30.5 Å². The van der Waals surface area contributed by atoms with Crippen molar-refractivity contribution >= 4 is 5.91 Å². The van der Waals surface area contributed by atoms with Crippen LogP contribution in [0.1, 0.15) is 37.2 Å². The van der Waals surface area contributed by atoms with Crippen LogP contribution in [0, 0.1) is 0 Å². The molecule has 0 radical (unpaired) electrons. The van der Waals surface area contributed by atoms with Gasteiger partial charge in [0.25, 0.3) is 11.4 Å². The van der Waals surface area contributed by atoms with E-state index in [1.807, 2.05) is 30.3 Å². The lowest BCUT2D eigenvalue weighted by molar-refractivity contribution is -0.129. The third kappa shape index (κ3) is 3.40. The first-order chi connectivity index (χ1) is 13.1. The topological polar surface area (TPSA) is 81.2 Å². The van der Waals surface area contributed by atoms with Crippen molar-refractivity contribution in [2.75, 3.05) is 6.54 Å². The zero-order valence-electron chi connectivity index (χ0n) is 15.0. The van der Waals surface area contributed by atoms with Gasteiger partial charge in [-0.25, -0.2) is 0 Å². The first-order valence-corrected chi connectivity index (χ1v) is 8.98. The summed E-state index contributed by atoms with van der Waals surface area (Å²) in [7, 11) is 0. The zero-order chi connectivity index (χ0) is 18.8. The van der Waals surface area contributed by atoms with Gasteiger partial charge in [0.05, 0.1) is 12.6 Å². The molecule has 1 fully saturated rings. The Bertz CT molecular complexity index is 1010. The third-order valence-corrected chi connectivity index (χ3v) is 4.84. The van der Waals surface area contributed by atoms with Gasteiger partial charge >= 0.3 is 0 Å². The molecule has 4 rings (SSSR count). The van der Waals surface area contributed by atoms with Gasteiger partial charge in [0.15, 0.2) is 5.82 Å². The molecule has 27 heavy (non-hydrogen) atoms. The summed E-state index contributed by atoms with van der Waals surface area (Å²) < 4.78 is 6.98. The second kappa shape index (κ2) is 7.19. The van der Waals surface area contributed by atoms with E-state index in [1.54, 1.807) is 34.7 Å².